The molecule has 3 saturated heterocycles. The van der Waals surface area contributed by atoms with Gasteiger partial charge >= 0.3 is 0 Å². The Labute approximate surface area is 163 Å². The maximum atomic E-state index is 13.4. The molecule has 28 heavy (non-hydrogen) atoms. The molecule has 1 aromatic rings. The number of nitrogens with zero attached hydrogens (tertiary/aromatic N) is 2. The summed E-state index contributed by atoms with van der Waals surface area (Å²) >= 11 is 0. The van der Waals surface area contributed by atoms with Gasteiger partial charge in [0.1, 0.15) is 11.5 Å². The van der Waals surface area contributed by atoms with E-state index in [0.717, 1.165) is 42.9 Å². The molecular weight excluding hydrogens is 356 g/mol. The number of anilines is 1. The number of ether oxygens (including phenoxy) is 2. The normalized spacial score (nSPS) is 44.9. The van der Waals surface area contributed by atoms with Crippen LogP contribution in [0.3, 0.4) is 0 Å². The maximum Gasteiger partial charge on any atom is 0.229 e. The SMILES string of the molecule is COc1ccc2c(c1)N1C(=O)C[C@H]3OCC=C4CN5CC[C@]26[C@H]1[C@@H]3[C@H]4C[C@]56O. The predicted molar refractivity (Wildman–Crippen MR) is 101 cm³/mol. The van der Waals surface area contributed by atoms with Crippen molar-refractivity contribution in [3.05, 3.63) is 35.4 Å². The van der Waals surface area contributed by atoms with Crippen LogP contribution in [0.4, 0.5) is 5.69 Å². The first-order chi connectivity index (χ1) is 13.6. The van der Waals surface area contributed by atoms with Gasteiger partial charge in [-0.2, -0.15) is 0 Å². The molecule has 146 valence electrons. The summed E-state index contributed by atoms with van der Waals surface area (Å²) in [5, 5.41) is 12.2. The monoisotopic (exact) mass is 380 g/mol. The van der Waals surface area contributed by atoms with Gasteiger partial charge in [0, 0.05) is 25.1 Å². The van der Waals surface area contributed by atoms with Crippen molar-refractivity contribution in [1.29, 1.82) is 0 Å². The van der Waals surface area contributed by atoms with Gasteiger partial charge in [0.05, 0.1) is 43.4 Å². The first-order valence-electron chi connectivity index (χ1n) is 10.4. The highest BCUT2D eigenvalue weighted by Gasteiger charge is 2.76. The molecule has 0 aromatic heterocycles. The Morgan fingerprint density at radius 2 is 2.25 bits per heavy atom. The summed E-state index contributed by atoms with van der Waals surface area (Å²) in [6.45, 7) is 2.26. The highest BCUT2D eigenvalue weighted by Crippen LogP contribution is 2.69. The van der Waals surface area contributed by atoms with E-state index in [0.29, 0.717) is 13.0 Å². The van der Waals surface area contributed by atoms with Gasteiger partial charge in [-0.1, -0.05) is 17.7 Å². The number of carbonyl (C=O) groups excluding carboxylic acids is 1. The molecule has 6 aliphatic rings. The number of rotatable bonds is 1. The van der Waals surface area contributed by atoms with Gasteiger partial charge in [-0.25, -0.2) is 0 Å². The third-order valence-corrected chi connectivity index (χ3v) is 8.65. The summed E-state index contributed by atoms with van der Waals surface area (Å²) in [5.41, 5.74) is 2.11. The summed E-state index contributed by atoms with van der Waals surface area (Å²) in [6.07, 6.45) is 4.20. The molecule has 6 heteroatoms. The molecule has 7 rings (SSSR count). The first kappa shape index (κ1) is 16.0. The number of fused-ring (bicyclic) bond motifs is 2. The molecule has 5 aliphatic heterocycles. The summed E-state index contributed by atoms with van der Waals surface area (Å²) in [5.74, 6) is 1.40. The molecule has 1 N–H and O–H groups in total. The van der Waals surface area contributed by atoms with Crippen LogP contribution in [0, 0.1) is 11.8 Å². The summed E-state index contributed by atoms with van der Waals surface area (Å²) in [4.78, 5) is 17.6. The summed E-state index contributed by atoms with van der Waals surface area (Å²) in [7, 11) is 1.66. The zero-order valence-corrected chi connectivity index (χ0v) is 15.9. The molecule has 2 bridgehead atoms. The van der Waals surface area contributed by atoms with Crippen LogP contribution in [0.5, 0.6) is 5.75 Å². The van der Waals surface area contributed by atoms with Gasteiger partial charge in [0.25, 0.3) is 0 Å². The highest BCUT2D eigenvalue weighted by atomic mass is 16.5. The second-order valence-corrected chi connectivity index (χ2v) is 9.29. The second-order valence-electron chi connectivity index (χ2n) is 9.29. The first-order valence-corrected chi connectivity index (χ1v) is 10.4. The van der Waals surface area contributed by atoms with Crippen molar-refractivity contribution in [3.63, 3.8) is 0 Å². The standard InChI is InChI=1S/C22H24N2O4/c1-27-13-2-3-15-16(8-13)24-18(25)9-17-19-14-10-22(26)21(15,20(19)24)5-6-23(22)11-12(14)4-7-28-17/h2-4,8,14,17,19-20,26H,5-7,9-11H2,1H3/t14-,17+,19+,20+,21+,22+/m0/s1. The largest absolute Gasteiger partial charge is 0.497 e. The van der Waals surface area contributed by atoms with Crippen LogP contribution in [-0.4, -0.2) is 60.6 Å². The third kappa shape index (κ3) is 1.49. The number of hydrogen-bond donors (Lipinski definition) is 1. The van der Waals surface area contributed by atoms with E-state index < -0.39 is 11.1 Å². The quantitative estimate of drug-likeness (QED) is 0.747. The molecule has 6 nitrogen and oxygen atoms in total. The lowest BCUT2D eigenvalue weighted by atomic mass is 9.52. The van der Waals surface area contributed by atoms with Gasteiger partial charge in [0.2, 0.25) is 5.91 Å². The highest BCUT2D eigenvalue weighted by molar-refractivity contribution is 5.99. The minimum absolute atomic E-state index is 0.0450. The molecule has 1 aliphatic carbocycles. The van der Waals surface area contributed by atoms with E-state index in [1.165, 1.54) is 5.57 Å². The van der Waals surface area contributed by atoms with Crippen LogP contribution in [0.1, 0.15) is 24.8 Å². The lowest BCUT2D eigenvalue weighted by Gasteiger charge is -2.62. The van der Waals surface area contributed by atoms with Crippen molar-refractivity contribution in [3.8, 4) is 5.75 Å². The van der Waals surface area contributed by atoms with E-state index in [-0.39, 0.29) is 29.9 Å². The molecule has 5 heterocycles. The van der Waals surface area contributed by atoms with Crippen LogP contribution in [0.15, 0.2) is 29.8 Å². The Hall–Kier alpha value is -1.89. The van der Waals surface area contributed by atoms with E-state index in [1.54, 1.807) is 7.11 Å². The zero-order valence-electron chi connectivity index (χ0n) is 15.9. The average molecular weight is 380 g/mol. The number of amides is 1. The van der Waals surface area contributed by atoms with Gasteiger partial charge in [-0.05, 0) is 30.4 Å². The molecule has 0 unspecified atom stereocenters. The lowest BCUT2D eigenvalue weighted by Crippen LogP contribution is -2.74. The molecule has 1 aromatic carbocycles. The van der Waals surface area contributed by atoms with E-state index in [4.69, 9.17) is 9.47 Å². The fourth-order valence-electron chi connectivity index (χ4n) is 7.68. The van der Waals surface area contributed by atoms with Crippen LogP contribution in [-0.2, 0) is 14.9 Å². The van der Waals surface area contributed by atoms with E-state index in [1.807, 2.05) is 17.0 Å². The Kier molecular flexibility index (Phi) is 2.74. The zero-order chi connectivity index (χ0) is 18.8. The van der Waals surface area contributed by atoms with Crippen molar-refractivity contribution >= 4 is 11.6 Å². The Morgan fingerprint density at radius 3 is 3.11 bits per heavy atom. The topological polar surface area (TPSA) is 62.2 Å². The maximum absolute atomic E-state index is 13.4. The minimum Gasteiger partial charge on any atom is -0.497 e. The summed E-state index contributed by atoms with van der Waals surface area (Å²) in [6, 6.07) is 6.02. The number of hydrogen-bond acceptors (Lipinski definition) is 5. The minimum atomic E-state index is -0.902. The van der Waals surface area contributed by atoms with Crippen molar-refractivity contribution in [2.75, 3.05) is 31.7 Å². The van der Waals surface area contributed by atoms with E-state index in [9.17, 15) is 9.90 Å². The van der Waals surface area contributed by atoms with Gasteiger partial charge < -0.3 is 19.5 Å². The summed E-state index contributed by atoms with van der Waals surface area (Å²) < 4.78 is 11.7. The lowest BCUT2D eigenvalue weighted by molar-refractivity contribution is -0.197. The molecule has 1 spiro atoms. The Morgan fingerprint density at radius 1 is 1.36 bits per heavy atom. The molecule has 4 fully saturated rings. The molecular formula is C22H24N2O4. The number of benzene rings is 1. The van der Waals surface area contributed by atoms with E-state index >= 15 is 0 Å². The molecule has 0 radical (unpaired) electrons. The van der Waals surface area contributed by atoms with Crippen molar-refractivity contribution in [2.24, 2.45) is 11.8 Å². The molecule has 1 saturated carbocycles. The van der Waals surface area contributed by atoms with Crippen molar-refractivity contribution in [2.45, 2.75) is 42.5 Å². The van der Waals surface area contributed by atoms with Gasteiger partial charge in [-0.3, -0.25) is 9.69 Å². The molecule has 6 atom stereocenters. The number of methoxy groups -OCH3 is 1. The van der Waals surface area contributed by atoms with Crippen molar-refractivity contribution < 1.29 is 19.4 Å². The fourth-order valence-corrected chi connectivity index (χ4v) is 7.68. The Bertz CT molecular complexity index is 960. The van der Waals surface area contributed by atoms with E-state index in [2.05, 4.69) is 17.0 Å². The van der Waals surface area contributed by atoms with Gasteiger partial charge in [0.15, 0.2) is 0 Å². The third-order valence-electron chi connectivity index (χ3n) is 8.65. The number of aliphatic hydroxyl groups is 1. The smallest absolute Gasteiger partial charge is 0.229 e. The van der Waals surface area contributed by atoms with Crippen LogP contribution in [0.25, 0.3) is 0 Å². The van der Waals surface area contributed by atoms with Crippen LogP contribution in [0.2, 0.25) is 0 Å². The number of carbonyl (C=O) groups is 1. The predicted octanol–water partition coefficient (Wildman–Crippen LogP) is 1.42. The van der Waals surface area contributed by atoms with Gasteiger partial charge in [-0.15, -0.1) is 0 Å². The van der Waals surface area contributed by atoms with Crippen molar-refractivity contribution in [1.82, 2.24) is 4.90 Å². The molecule has 1 amide bonds. The van der Waals surface area contributed by atoms with Crippen LogP contribution >= 0.6 is 0 Å². The average Bonchev–Trinajstić information content (AvgIpc) is 3.11. The second kappa shape index (κ2) is 4.81. The Balaban J connectivity index is 1.55. The fraction of sp³-hybridized carbons (Fsp3) is 0.591. The number of piperidine rings is 2. The van der Waals surface area contributed by atoms with Crippen LogP contribution < -0.4 is 9.64 Å².